The normalized spacial score (nSPS) is 25.4. The highest BCUT2D eigenvalue weighted by Gasteiger charge is 2.40. The predicted molar refractivity (Wildman–Crippen MR) is 77.2 cm³/mol. The molecule has 0 aliphatic carbocycles. The van der Waals surface area contributed by atoms with Crippen molar-refractivity contribution in [3.63, 3.8) is 0 Å². The molecule has 3 atom stereocenters. The molecule has 1 aromatic carbocycles. The van der Waals surface area contributed by atoms with E-state index >= 15 is 0 Å². The fourth-order valence-electron chi connectivity index (χ4n) is 2.26. The van der Waals surface area contributed by atoms with Gasteiger partial charge in [0, 0.05) is 6.42 Å². The summed E-state index contributed by atoms with van der Waals surface area (Å²) in [4.78, 5) is 0.618. The Balaban J connectivity index is 2.17. The van der Waals surface area contributed by atoms with Gasteiger partial charge < -0.3 is 4.55 Å². The molecule has 0 bridgehead atoms. The number of hydrogen-bond donors (Lipinski definition) is 0. The van der Waals surface area contributed by atoms with Crippen molar-refractivity contribution in [2.45, 2.75) is 49.7 Å². The number of nitrogens with zero attached hydrogens (tertiary/aromatic N) is 2. The maximum absolute atomic E-state index is 13.4. The molecule has 2 rings (SSSR count). The monoisotopic (exact) mass is 294 g/mol. The first-order chi connectivity index (χ1) is 9.32. The second-order valence-corrected chi connectivity index (χ2v) is 7.54. The van der Waals surface area contributed by atoms with Crippen molar-refractivity contribution >= 4 is 11.4 Å². The maximum atomic E-state index is 13.4. The van der Waals surface area contributed by atoms with Crippen molar-refractivity contribution < 1.29 is 8.94 Å². The maximum Gasteiger partial charge on any atom is 0.174 e. The Labute approximate surface area is 122 Å². The van der Waals surface area contributed by atoms with Crippen LogP contribution < -0.4 is 0 Å². The topological polar surface area (TPSA) is 50.1 Å². The molecule has 5 heteroatoms. The highest BCUT2D eigenvalue weighted by atomic mass is 32.2. The standard InChI is InChI=1S/C15H19FN2OS/c1-15(2,3)11-4-6-14(7-5-11)20(19)18-10-12(16)8-13(18)9-17/h4-7,12-13H,8,10H2,1-3H3/t12-,13-,20?/m1/s1. The molecule has 0 N–H and O–H groups in total. The van der Waals surface area contributed by atoms with Crippen molar-refractivity contribution in [2.24, 2.45) is 0 Å². The molecule has 108 valence electrons. The van der Waals surface area contributed by atoms with Gasteiger partial charge in [-0.25, -0.2) is 4.39 Å². The summed E-state index contributed by atoms with van der Waals surface area (Å²) >= 11 is -1.47. The van der Waals surface area contributed by atoms with Gasteiger partial charge in [-0.15, -0.1) is 4.31 Å². The summed E-state index contributed by atoms with van der Waals surface area (Å²) < 4.78 is 27.3. The third kappa shape index (κ3) is 3.14. The lowest BCUT2D eigenvalue weighted by Crippen LogP contribution is -2.35. The summed E-state index contributed by atoms with van der Waals surface area (Å²) in [7, 11) is 0. The van der Waals surface area contributed by atoms with Crippen LogP contribution in [0.3, 0.4) is 0 Å². The number of rotatable bonds is 2. The molecule has 0 amide bonds. The minimum atomic E-state index is -1.47. The van der Waals surface area contributed by atoms with E-state index in [0.29, 0.717) is 4.90 Å². The lowest BCUT2D eigenvalue weighted by atomic mass is 9.87. The van der Waals surface area contributed by atoms with Gasteiger partial charge in [-0.05, 0) is 23.1 Å². The van der Waals surface area contributed by atoms with Crippen molar-refractivity contribution in [2.75, 3.05) is 6.54 Å². The number of benzene rings is 1. The Morgan fingerprint density at radius 1 is 1.35 bits per heavy atom. The van der Waals surface area contributed by atoms with Gasteiger partial charge in [0.25, 0.3) is 0 Å². The lowest BCUT2D eigenvalue weighted by Gasteiger charge is -2.23. The molecule has 0 aromatic heterocycles. The van der Waals surface area contributed by atoms with E-state index in [2.05, 4.69) is 20.8 Å². The molecule has 1 saturated heterocycles. The summed E-state index contributed by atoms with van der Waals surface area (Å²) in [5, 5.41) is 9.01. The molecule has 3 nitrogen and oxygen atoms in total. The Bertz CT molecular complexity index is 506. The van der Waals surface area contributed by atoms with Gasteiger partial charge in [-0.3, -0.25) is 0 Å². The summed E-state index contributed by atoms with van der Waals surface area (Å²) in [6, 6.07) is 8.91. The van der Waals surface area contributed by atoms with Crippen LogP contribution in [-0.2, 0) is 16.8 Å². The van der Waals surface area contributed by atoms with Crippen LogP contribution in [0.2, 0.25) is 0 Å². The highest BCUT2D eigenvalue weighted by Crippen LogP contribution is 2.29. The summed E-state index contributed by atoms with van der Waals surface area (Å²) in [5.41, 5.74) is 1.19. The Morgan fingerprint density at radius 3 is 2.45 bits per heavy atom. The average Bonchev–Trinajstić information content (AvgIpc) is 2.78. The van der Waals surface area contributed by atoms with E-state index in [0.717, 1.165) is 5.56 Å². The summed E-state index contributed by atoms with van der Waals surface area (Å²) in [6.45, 7) is 6.39. The zero-order chi connectivity index (χ0) is 14.9. The third-order valence-corrected chi connectivity index (χ3v) is 4.99. The Kier molecular flexibility index (Phi) is 4.38. The van der Waals surface area contributed by atoms with Crippen LogP contribution in [0.15, 0.2) is 29.2 Å². The SMILES string of the molecule is CC(C)(C)c1ccc([S+]([O-])N2C[C@H](F)C[C@@H]2C#N)cc1. The second-order valence-electron chi connectivity index (χ2n) is 6.10. The molecule has 0 spiro atoms. The number of alkyl halides is 1. The molecule has 20 heavy (non-hydrogen) atoms. The molecule has 1 heterocycles. The summed E-state index contributed by atoms with van der Waals surface area (Å²) in [6.07, 6.45) is -0.931. The third-order valence-electron chi connectivity index (χ3n) is 3.49. The van der Waals surface area contributed by atoms with Gasteiger partial charge in [-0.2, -0.15) is 5.26 Å². The first-order valence-electron chi connectivity index (χ1n) is 6.65. The first kappa shape index (κ1) is 15.3. The van der Waals surface area contributed by atoms with Crippen molar-refractivity contribution in [1.29, 1.82) is 5.26 Å². The molecular formula is C15H19FN2OS. The highest BCUT2D eigenvalue weighted by molar-refractivity contribution is 7.89. The van der Waals surface area contributed by atoms with Gasteiger partial charge in [-0.1, -0.05) is 32.9 Å². The zero-order valence-corrected chi connectivity index (χ0v) is 12.8. The fraction of sp³-hybridized carbons (Fsp3) is 0.533. The van der Waals surface area contributed by atoms with Crippen LogP contribution in [0.1, 0.15) is 32.8 Å². The van der Waals surface area contributed by atoms with Crippen LogP contribution in [0.4, 0.5) is 4.39 Å². The van der Waals surface area contributed by atoms with E-state index in [4.69, 9.17) is 5.26 Å². The van der Waals surface area contributed by atoms with Gasteiger partial charge in [0.2, 0.25) is 0 Å². The Morgan fingerprint density at radius 2 is 1.95 bits per heavy atom. The van der Waals surface area contributed by atoms with Gasteiger partial charge in [0.15, 0.2) is 4.90 Å². The van der Waals surface area contributed by atoms with Crippen LogP contribution in [0.5, 0.6) is 0 Å². The Hall–Kier alpha value is -1.09. The molecule has 1 aliphatic heterocycles. The fourth-order valence-corrected chi connectivity index (χ4v) is 3.57. The number of hydrogen-bond acceptors (Lipinski definition) is 3. The minimum absolute atomic E-state index is 0.0346. The van der Waals surface area contributed by atoms with Crippen LogP contribution in [-0.4, -0.2) is 27.6 Å². The molecule has 1 fully saturated rings. The molecule has 0 saturated carbocycles. The largest absolute Gasteiger partial charge is 0.593 e. The van der Waals surface area contributed by atoms with Gasteiger partial charge in [0.1, 0.15) is 12.2 Å². The molecule has 1 aromatic rings. The van der Waals surface area contributed by atoms with Gasteiger partial charge in [0.05, 0.1) is 24.0 Å². The van der Waals surface area contributed by atoms with E-state index in [1.807, 2.05) is 18.2 Å². The molecule has 1 unspecified atom stereocenters. The van der Waals surface area contributed by atoms with Crippen LogP contribution in [0.25, 0.3) is 0 Å². The molecule has 1 aliphatic rings. The van der Waals surface area contributed by atoms with Crippen molar-refractivity contribution in [3.8, 4) is 6.07 Å². The molecule has 0 radical (unpaired) electrons. The van der Waals surface area contributed by atoms with E-state index in [9.17, 15) is 8.94 Å². The van der Waals surface area contributed by atoms with Gasteiger partial charge >= 0.3 is 0 Å². The average molecular weight is 294 g/mol. The smallest absolute Gasteiger partial charge is 0.174 e. The van der Waals surface area contributed by atoms with Crippen molar-refractivity contribution in [1.82, 2.24) is 4.31 Å². The number of nitriles is 1. The summed E-state index contributed by atoms with van der Waals surface area (Å²) in [5.74, 6) is 0. The van der Waals surface area contributed by atoms with E-state index in [1.165, 1.54) is 4.31 Å². The van der Waals surface area contributed by atoms with Crippen LogP contribution in [0, 0.1) is 11.3 Å². The quantitative estimate of drug-likeness (QED) is 0.788. The van der Waals surface area contributed by atoms with E-state index < -0.39 is 23.6 Å². The number of halogens is 1. The lowest BCUT2D eigenvalue weighted by molar-refractivity contribution is 0.343. The second kappa shape index (κ2) is 5.72. The molecular weight excluding hydrogens is 275 g/mol. The predicted octanol–water partition coefficient (Wildman–Crippen LogP) is 2.94. The van der Waals surface area contributed by atoms with E-state index in [-0.39, 0.29) is 18.4 Å². The van der Waals surface area contributed by atoms with Crippen LogP contribution >= 0.6 is 0 Å². The first-order valence-corrected chi connectivity index (χ1v) is 7.76. The van der Waals surface area contributed by atoms with E-state index in [1.54, 1.807) is 12.1 Å². The zero-order valence-electron chi connectivity index (χ0n) is 12.0. The van der Waals surface area contributed by atoms with Crippen molar-refractivity contribution in [3.05, 3.63) is 29.8 Å². The minimum Gasteiger partial charge on any atom is -0.593 e.